The van der Waals surface area contributed by atoms with E-state index < -0.39 is 0 Å². The van der Waals surface area contributed by atoms with Crippen molar-refractivity contribution in [1.82, 2.24) is 0 Å². The molecule has 0 atom stereocenters. The average molecular weight is 316 g/mol. The fourth-order valence-corrected chi connectivity index (χ4v) is 2.55. The van der Waals surface area contributed by atoms with Gasteiger partial charge in [-0.1, -0.05) is 11.8 Å². The molecule has 22 heavy (non-hydrogen) atoms. The molecule has 5 nitrogen and oxygen atoms in total. The van der Waals surface area contributed by atoms with Gasteiger partial charge in [-0.3, -0.25) is 4.79 Å². The standard InChI is InChI=1S/C16H16N2O3S/c1-21-16(20)11-2-6-13(7-3-11)22-14-8-4-12(5-9-14)18-15(19)10-17/h2-9H,10,17H2,1H3,(H,18,19). The van der Waals surface area contributed by atoms with Crippen molar-refractivity contribution in [2.24, 2.45) is 5.73 Å². The molecule has 1 amide bonds. The number of nitrogens with one attached hydrogen (secondary N) is 1. The second-order valence-electron chi connectivity index (χ2n) is 4.39. The van der Waals surface area contributed by atoms with Gasteiger partial charge in [-0.15, -0.1) is 0 Å². The molecule has 0 radical (unpaired) electrons. The lowest BCUT2D eigenvalue weighted by atomic mass is 10.2. The predicted octanol–water partition coefficient (Wildman–Crippen LogP) is 2.52. The molecular weight excluding hydrogens is 300 g/mol. The summed E-state index contributed by atoms with van der Waals surface area (Å²) in [6, 6.07) is 14.6. The van der Waals surface area contributed by atoms with E-state index in [9.17, 15) is 9.59 Å². The first-order valence-electron chi connectivity index (χ1n) is 6.58. The van der Waals surface area contributed by atoms with Crippen molar-refractivity contribution in [2.45, 2.75) is 9.79 Å². The normalized spacial score (nSPS) is 10.1. The highest BCUT2D eigenvalue weighted by Crippen LogP contribution is 2.28. The van der Waals surface area contributed by atoms with Gasteiger partial charge in [0.15, 0.2) is 0 Å². The number of ether oxygens (including phenoxy) is 1. The quantitative estimate of drug-likeness (QED) is 0.828. The number of hydrogen-bond acceptors (Lipinski definition) is 5. The Kier molecular flexibility index (Phi) is 5.57. The molecule has 0 spiro atoms. The molecule has 2 aromatic carbocycles. The van der Waals surface area contributed by atoms with Gasteiger partial charge in [-0.05, 0) is 48.5 Å². The first-order valence-corrected chi connectivity index (χ1v) is 7.40. The highest BCUT2D eigenvalue weighted by molar-refractivity contribution is 7.99. The van der Waals surface area contributed by atoms with Crippen LogP contribution in [0.4, 0.5) is 5.69 Å². The van der Waals surface area contributed by atoms with Crippen LogP contribution in [-0.4, -0.2) is 25.5 Å². The minimum absolute atomic E-state index is 0.0386. The minimum Gasteiger partial charge on any atom is -0.465 e. The maximum atomic E-state index is 11.4. The van der Waals surface area contributed by atoms with Crippen LogP contribution in [0.2, 0.25) is 0 Å². The number of carbonyl (C=O) groups is 2. The molecule has 0 bridgehead atoms. The lowest BCUT2D eigenvalue weighted by Gasteiger charge is -2.06. The monoisotopic (exact) mass is 316 g/mol. The van der Waals surface area contributed by atoms with Crippen LogP contribution < -0.4 is 11.1 Å². The van der Waals surface area contributed by atoms with E-state index in [-0.39, 0.29) is 18.4 Å². The number of esters is 1. The average Bonchev–Trinajstić information content (AvgIpc) is 2.56. The summed E-state index contributed by atoms with van der Waals surface area (Å²) < 4.78 is 4.66. The highest BCUT2D eigenvalue weighted by Gasteiger charge is 2.05. The number of anilines is 1. The lowest BCUT2D eigenvalue weighted by molar-refractivity contribution is -0.114. The van der Waals surface area contributed by atoms with Crippen LogP contribution in [-0.2, 0) is 9.53 Å². The van der Waals surface area contributed by atoms with Crippen LogP contribution in [0.1, 0.15) is 10.4 Å². The molecule has 0 saturated carbocycles. The molecule has 0 saturated heterocycles. The van der Waals surface area contributed by atoms with E-state index >= 15 is 0 Å². The maximum absolute atomic E-state index is 11.4. The summed E-state index contributed by atoms with van der Waals surface area (Å²) in [5, 5.41) is 2.68. The molecular formula is C16H16N2O3S. The zero-order chi connectivity index (χ0) is 15.9. The van der Waals surface area contributed by atoms with E-state index in [2.05, 4.69) is 10.1 Å². The number of nitrogens with two attached hydrogens (primary N) is 1. The van der Waals surface area contributed by atoms with Crippen molar-refractivity contribution in [1.29, 1.82) is 0 Å². The fraction of sp³-hybridized carbons (Fsp3) is 0.125. The molecule has 0 heterocycles. The molecule has 114 valence electrons. The van der Waals surface area contributed by atoms with Crippen molar-refractivity contribution in [3.05, 3.63) is 54.1 Å². The van der Waals surface area contributed by atoms with Crippen LogP contribution >= 0.6 is 11.8 Å². The first-order chi connectivity index (χ1) is 10.6. The molecule has 0 aliphatic rings. The molecule has 0 aliphatic heterocycles. The molecule has 6 heteroatoms. The summed E-state index contributed by atoms with van der Waals surface area (Å²) in [7, 11) is 1.36. The van der Waals surface area contributed by atoms with Gasteiger partial charge in [0.1, 0.15) is 0 Å². The minimum atomic E-state index is -0.350. The lowest BCUT2D eigenvalue weighted by Crippen LogP contribution is -2.21. The number of carbonyl (C=O) groups excluding carboxylic acids is 2. The van der Waals surface area contributed by atoms with Crippen LogP contribution in [0.3, 0.4) is 0 Å². The van der Waals surface area contributed by atoms with E-state index in [1.54, 1.807) is 23.9 Å². The largest absolute Gasteiger partial charge is 0.465 e. The van der Waals surface area contributed by atoms with Crippen molar-refractivity contribution >= 4 is 29.3 Å². The number of amides is 1. The van der Waals surface area contributed by atoms with Gasteiger partial charge in [0.25, 0.3) is 0 Å². The van der Waals surface area contributed by atoms with Gasteiger partial charge in [-0.25, -0.2) is 4.79 Å². The molecule has 0 aliphatic carbocycles. The predicted molar refractivity (Wildman–Crippen MR) is 86.0 cm³/mol. The van der Waals surface area contributed by atoms with E-state index in [0.29, 0.717) is 11.3 Å². The van der Waals surface area contributed by atoms with Crippen molar-refractivity contribution in [2.75, 3.05) is 19.0 Å². The van der Waals surface area contributed by atoms with E-state index in [1.807, 2.05) is 36.4 Å². The number of benzene rings is 2. The van der Waals surface area contributed by atoms with Crippen molar-refractivity contribution in [3.63, 3.8) is 0 Å². The highest BCUT2D eigenvalue weighted by atomic mass is 32.2. The Morgan fingerprint density at radius 2 is 1.59 bits per heavy atom. The topological polar surface area (TPSA) is 81.4 Å². The third kappa shape index (κ3) is 4.34. The smallest absolute Gasteiger partial charge is 0.337 e. The SMILES string of the molecule is COC(=O)c1ccc(Sc2ccc(NC(=O)CN)cc2)cc1. The summed E-state index contributed by atoms with van der Waals surface area (Å²) in [6.07, 6.45) is 0. The zero-order valence-corrected chi connectivity index (χ0v) is 12.9. The van der Waals surface area contributed by atoms with Crippen LogP contribution in [0, 0.1) is 0 Å². The molecule has 0 fully saturated rings. The Bertz CT molecular complexity index is 654. The van der Waals surface area contributed by atoms with E-state index in [0.717, 1.165) is 9.79 Å². The van der Waals surface area contributed by atoms with Crippen molar-refractivity contribution in [3.8, 4) is 0 Å². The van der Waals surface area contributed by atoms with Gasteiger partial charge < -0.3 is 15.8 Å². The molecule has 2 aromatic rings. The summed E-state index contributed by atoms with van der Waals surface area (Å²) in [6.45, 7) is -0.0386. The Morgan fingerprint density at radius 3 is 2.09 bits per heavy atom. The summed E-state index contributed by atoms with van der Waals surface area (Å²) in [5.74, 6) is -0.574. The van der Waals surface area contributed by atoms with E-state index in [1.165, 1.54) is 7.11 Å². The Labute approximate surface area is 132 Å². The summed E-state index contributed by atoms with van der Waals surface area (Å²) in [4.78, 5) is 24.6. The molecule has 0 unspecified atom stereocenters. The number of methoxy groups -OCH3 is 1. The van der Waals surface area contributed by atoms with Crippen LogP contribution in [0.25, 0.3) is 0 Å². The number of rotatable bonds is 5. The Morgan fingerprint density at radius 1 is 1.05 bits per heavy atom. The van der Waals surface area contributed by atoms with Crippen LogP contribution in [0.5, 0.6) is 0 Å². The maximum Gasteiger partial charge on any atom is 0.337 e. The third-order valence-corrected chi connectivity index (χ3v) is 3.85. The second kappa shape index (κ2) is 7.63. The van der Waals surface area contributed by atoms with Gasteiger partial charge in [0.2, 0.25) is 5.91 Å². The molecule has 3 N–H and O–H groups in total. The Balaban J connectivity index is 2.01. The molecule has 2 rings (SSSR count). The fourth-order valence-electron chi connectivity index (χ4n) is 1.73. The second-order valence-corrected chi connectivity index (χ2v) is 5.54. The van der Waals surface area contributed by atoms with Gasteiger partial charge in [-0.2, -0.15) is 0 Å². The summed E-state index contributed by atoms with van der Waals surface area (Å²) >= 11 is 1.56. The van der Waals surface area contributed by atoms with Crippen molar-refractivity contribution < 1.29 is 14.3 Å². The first kappa shape index (κ1) is 16.1. The van der Waals surface area contributed by atoms with Crippen LogP contribution in [0.15, 0.2) is 58.3 Å². The molecule has 0 aromatic heterocycles. The zero-order valence-electron chi connectivity index (χ0n) is 12.0. The Hall–Kier alpha value is -2.31. The van der Waals surface area contributed by atoms with Gasteiger partial charge >= 0.3 is 5.97 Å². The van der Waals surface area contributed by atoms with Gasteiger partial charge in [0.05, 0.1) is 19.2 Å². The third-order valence-electron chi connectivity index (χ3n) is 2.83. The summed E-state index contributed by atoms with van der Waals surface area (Å²) in [5.41, 5.74) is 6.48. The van der Waals surface area contributed by atoms with E-state index in [4.69, 9.17) is 5.73 Å². The number of hydrogen-bond donors (Lipinski definition) is 2. The van der Waals surface area contributed by atoms with Gasteiger partial charge in [0, 0.05) is 15.5 Å².